The smallest absolute Gasteiger partial charge is 0.0916 e. The number of hydrogen-bond donors (Lipinski definition) is 2. The maximum atomic E-state index is 3.15. The van der Waals surface area contributed by atoms with Gasteiger partial charge in [-0.15, -0.1) is 0 Å². The van der Waals surface area contributed by atoms with Crippen molar-refractivity contribution in [1.82, 2.24) is 15.5 Å². The first-order valence-corrected chi connectivity index (χ1v) is 3.68. The van der Waals surface area contributed by atoms with Crippen molar-refractivity contribution in [2.24, 2.45) is 0 Å². The van der Waals surface area contributed by atoms with Gasteiger partial charge in [-0.25, -0.2) is 0 Å². The van der Waals surface area contributed by atoms with Gasteiger partial charge in [0.2, 0.25) is 0 Å². The molecule has 0 aliphatic carbocycles. The van der Waals surface area contributed by atoms with Crippen molar-refractivity contribution in [3.8, 4) is 0 Å². The highest BCUT2D eigenvalue weighted by atomic mass is 15.3. The van der Waals surface area contributed by atoms with Crippen LogP contribution < -0.4 is 10.6 Å². The lowest BCUT2D eigenvalue weighted by atomic mass is 10.2. The number of rotatable bonds is 1. The average molecular weight is 149 g/mol. The van der Waals surface area contributed by atoms with E-state index in [-0.39, 0.29) is 0 Å². The first kappa shape index (κ1) is 6.34. The lowest BCUT2D eigenvalue weighted by Gasteiger charge is -2.18. The van der Waals surface area contributed by atoms with Gasteiger partial charge in [0.05, 0.1) is 12.4 Å². The summed E-state index contributed by atoms with van der Waals surface area (Å²) in [6, 6.07) is 0. The van der Waals surface area contributed by atoms with Crippen LogP contribution in [0.15, 0.2) is 35.9 Å². The Morgan fingerprint density at radius 3 is 3.36 bits per heavy atom. The third-order valence-corrected chi connectivity index (χ3v) is 1.87. The molecule has 2 rings (SSSR count). The van der Waals surface area contributed by atoms with Crippen molar-refractivity contribution < 1.29 is 0 Å². The van der Waals surface area contributed by atoms with Gasteiger partial charge in [0, 0.05) is 25.1 Å². The standard InChI is InChI=1S/C8H11N3/c1-9-7-2-3-11-6-10-5-8(11)4-7/h2-5,9-10H,6H2,1H3. The van der Waals surface area contributed by atoms with Gasteiger partial charge in [0.25, 0.3) is 0 Å². The molecule has 2 aliphatic heterocycles. The van der Waals surface area contributed by atoms with Gasteiger partial charge >= 0.3 is 0 Å². The first-order chi connectivity index (χ1) is 5.40. The molecule has 0 aromatic heterocycles. The highest BCUT2D eigenvalue weighted by Crippen LogP contribution is 2.16. The van der Waals surface area contributed by atoms with Crippen LogP contribution in [0.25, 0.3) is 0 Å². The van der Waals surface area contributed by atoms with E-state index in [0.717, 1.165) is 12.4 Å². The van der Waals surface area contributed by atoms with Gasteiger partial charge in [0.1, 0.15) is 0 Å². The maximum absolute atomic E-state index is 3.15. The number of likely N-dealkylation sites (N-methyl/N-ethyl adjacent to an activating group) is 1. The van der Waals surface area contributed by atoms with Gasteiger partial charge in [-0.3, -0.25) is 0 Å². The zero-order chi connectivity index (χ0) is 7.68. The van der Waals surface area contributed by atoms with Crippen LogP contribution in [0.1, 0.15) is 0 Å². The first-order valence-electron chi connectivity index (χ1n) is 3.68. The number of allylic oxidation sites excluding steroid dienone is 2. The topological polar surface area (TPSA) is 27.3 Å². The van der Waals surface area contributed by atoms with E-state index in [2.05, 4.69) is 33.9 Å². The fraction of sp³-hybridized carbons (Fsp3) is 0.250. The number of nitrogens with one attached hydrogen (secondary N) is 2. The summed E-state index contributed by atoms with van der Waals surface area (Å²) >= 11 is 0. The fourth-order valence-electron chi connectivity index (χ4n) is 1.22. The van der Waals surface area contributed by atoms with Crippen LogP contribution in [0.2, 0.25) is 0 Å². The normalized spacial score (nSPS) is 20.3. The van der Waals surface area contributed by atoms with E-state index in [9.17, 15) is 0 Å². The summed E-state index contributed by atoms with van der Waals surface area (Å²) < 4.78 is 0. The molecular weight excluding hydrogens is 138 g/mol. The molecule has 0 unspecified atom stereocenters. The lowest BCUT2D eigenvalue weighted by molar-refractivity contribution is 0.495. The minimum absolute atomic E-state index is 0.888. The van der Waals surface area contributed by atoms with Crippen molar-refractivity contribution in [1.29, 1.82) is 0 Å². The predicted molar refractivity (Wildman–Crippen MR) is 44.2 cm³/mol. The zero-order valence-corrected chi connectivity index (χ0v) is 6.46. The van der Waals surface area contributed by atoms with E-state index in [4.69, 9.17) is 0 Å². The molecule has 0 aromatic carbocycles. The molecule has 58 valence electrons. The molecule has 3 heteroatoms. The SMILES string of the molecule is CNC1=CC2=CNCN2C=C1. The van der Waals surface area contributed by atoms with Crippen LogP contribution in [0, 0.1) is 0 Å². The quantitative estimate of drug-likeness (QED) is 0.562. The summed E-state index contributed by atoms with van der Waals surface area (Å²) in [5, 5.41) is 6.24. The number of hydrogen-bond acceptors (Lipinski definition) is 3. The van der Waals surface area contributed by atoms with Crippen molar-refractivity contribution in [2.45, 2.75) is 0 Å². The predicted octanol–water partition coefficient (Wildman–Crippen LogP) is 0.321. The van der Waals surface area contributed by atoms with Crippen LogP contribution in [0.5, 0.6) is 0 Å². The van der Waals surface area contributed by atoms with E-state index in [1.54, 1.807) is 0 Å². The molecule has 0 saturated carbocycles. The second-order valence-corrected chi connectivity index (χ2v) is 2.57. The highest BCUT2D eigenvalue weighted by Gasteiger charge is 2.12. The Balaban J connectivity index is 2.25. The number of fused-ring (bicyclic) bond motifs is 1. The van der Waals surface area contributed by atoms with E-state index in [0.29, 0.717) is 0 Å². The Morgan fingerprint density at radius 2 is 2.55 bits per heavy atom. The van der Waals surface area contributed by atoms with Crippen molar-refractivity contribution in [3.05, 3.63) is 35.9 Å². The van der Waals surface area contributed by atoms with Gasteiger partial charge in [-0.2, -0.15) is 0 Å². The average Bonchev–Trinajstić information content (AvgIpc) is 2.50. The molecule has 2 aliphatic rings. The molecule has 2 heterocycles. The molecule has 0 bridgehead atoms. The summed E-state index contributed by atoms with van der Waals surface area (Å²) in [6.07, 6.45) is 8.25. The van der Waals surface area contributed by atoms with Gasteiger partial charge in [-0.1, -0.05) is 0 Å². The van der Waals surface area contributed by atoms with Crippen molar-refractivity contribution in [3.63, 3.8) is 0 Å². The van der Waals surface area contributed by atoms with Crippen LogP contribution in [-0.4, -0.2) is 18.6 Å². The molecule has 11 heavy (non-hydrogen) atoms. The summed E-state index contributed by atoms with van der Waals surface area (Å²) in [7, 11) is 1.93. The molecule has 0 spiro atoms. The fourth-order valence-corrected chi connectivity index (χ4v) is 1.22. The zero-order valence-electron chi connectivity index (χ0n) is 6.46. The minimum atomic E-state index is 0.888. The summed E-state index contributed by atoms with van der Waals surface area (Å²) in [5.74, 6) is 0. The van der Waals surface area contributed by atoms with Crippen LogP contribution in [0.4, 0.5) is 0 Å². The van der Waals surface area contributed by atoms with Gasteiger partial charge in [0.15, 0.2) is 0 Å². The maximum Gasteiger partial charge on any atom is 0.0916 e. The molecule has 2 N–H and O–H groups in total. The van der Waals surface area contributed by atoms with Crippen LogP contribution in [0.3, 0.4) is 0 Å². The molecule has 0 aromatic rings. The highest BCUT2D eigenvalue weighted by molar-refractivity contribution is 5.35. The van der Waals surface area contributed by atoms with Crippen LogP contribution in [-0.2, 0) is 0 Å². The van der Waals surface area contributed by atoms with E-state index >= 15 is 0 Å². The Morgan fingerprint density at radius 1 is 1.64 bits per heavy atom. The molecule has 0 amide bonds. The molecule has 0 atom stereocenters. The molecule has 0 radical (unpaired) electrons. The summed E-state index contributed by atoms with van der Waals surface area (Å²) in [5.41, 5.74) is 2.37. The molecule has 3 nitrogen and oxygen atoms in total. The molecule has 0 fully saturated rings. The Hall–Kier alpha value is -1.38. The molecule has 0 saturated heterocycles. The lowest BCUT2D eigenvalue weighted by Crippen LogP contribution is -2.20. The minimum Gasteiger partial charge on any atom is -0.388 e. The van der Waals surface area contributed by atoms with Crippen molar-refractivity contribution >= 4 is 0 Å². The monoisotopic (exact) mass is 149 g/mol. The Kier molecular flexibility index (Phi) is 1.35. The third-order valence-electron chi connectivity index (χ3n) is 1.87. The second-order valence-electron chi connectivity index (χ2n) is 2.57. The second kappa shape index (κ2) is 2.34. The van der Waals surface area contributed by atoms with Crippen LogP contribution >= 0.6 is 0 Å². The van der Waals surface area contributed by atoms with Gasteiger partial charge < -0.3 is 15.5 Å². The van der Waals surface area contributed by atoms with E-state index in [1.807, 2.05) is 13.2 Å². The van der Waals surface area contributed by atoms with E-state index in [1.165, 1.54) is 5.70 Å². The third kappa shape index (κ3) is 0.981. The summed E-state index contributed by atoms with van der Waals surface area (Å²) in [6.45, 7) is 0.888. The Bertz CT molecular complexity index is 250. The molecular formula is C8H11N3. The Labute approximate surface area is 66.1 Å². The van der Waals surface area contributed by atoms with E-state index < -0.39 is 0 Å². The number of nitrogens with zero attached hydrogens (tertiary/aromatic N) is 1. The summed E-state index contributed by atoms with van der Waals surface area (Å²) in [4.78, 5) is 2.15. The largest absolute Gasteiger partial charge is 0.388 e. The van der Waals surface area contributed by atoms with Gasteiger partial charge in [-0.05, 0) is 12.2 Å². The van der Waals surface area contributed by atoms with Crippen molar-refractivity contribution in [2.75, 3.05) is 13.7 Å².